The Bertz CT molecular complexity index is 408. The lowest BCUT2D eigenvalue weighted by atomic mass is 10.1. The molecule has 2 aromatic heterocycles. The van der Waals surface area contributed by atoms with Crippen LogP contribution in [0, 0.1) is 0 Å². The summed E-state index contributed by atoms with van der Waals surface area (Å²) in [7, 11) is 0. The summed E-state index contributed by atoms with van der Waals surface area (Å²) < 4.78 is 0. The van der Waals surface area contributed by atoms with E-state index in [0.717, 1.165) is 28.4 Å². The summed E-state index contributed by atoms with van der Waals surface area (Å²) in [5.74, 6) is 0. The summed E-state index contributed by atoms with van der Waals surface area (Å²) in [5, 5.41) is 3.08. The minimum atomic E-state index is 0.0768. The van der Waals surface area contributed by atoms with Crippen LogP contribution >= 0.6 is 22.7 Å². The van der Waals surface area contributed by atoms with Gasteiger partial charge in [0.15, 0.2) is 0 Å². The van der Waals surface area contributed by atoms with Gasteiger partial charge in [-0.1, -0.05) is 13.3 Å². The van der Waals surface area contributed by atoms with Crippen molar-refractivity contribution < 1.29 is 0 Å². The molecule has 0 saturated heterocycles. The number of nitrogens with zero attached hydrogens (tertiary/aromatic N) is 2. The number of hydrogen-bond donors (Lipinski definition) is 1. The van der Waals surface area contributed by atoms with Crippen LogP contribution in [-0.4, -0.2) is 9.97 Å². The van der Waals surface area contributed by atoms with Gasteiger partial charge >= 0.3 is 0 Å². The molecule has 2 heterocycles. The average molecular weight is 239 g/mol. The Labute approximate surface area is 97.0 Å². The highest BCUT2D eigenvalue weighted by molar-refractivity contribution is 7.19. The monoisotopic (exact) mass is 239 g/mol. The summed E-state index contributed by atoms with van der Waals surface area (Å²) >= 11 is 3.25. The maximum Gasteiger partial charge on any atom is 0.135 e. The molecule has 0 fully saturated rings. The third kappa shape index (κ3) is 2.42. The first-order valence-electron chi connectivity index (χ1n) is 4.91. The first kappa shape index (κ1) is 10.7. The first-order valence-corrected chi connectivity index (χ1v) is 6.67. The van der Waals surface area contributed by atoms with Crippen LogP contribution < -0.4 is 5.73 Å². The van der Waals surface area contributed by atoms with Crippen molar-refractivity contribution in [2.75, 3.05) is 0 Å². The smallest absolute Gasteiger partial charge is 0.135 e. The number of thiazole rings is 2. The average Bonchev–Trinajstić information content (AvgIpc) is 2.89. The fourth-order valence-corrected chi connectivity index (χ4v) is 2.93. The zero-order valence-electron chi connectivity index (χ0n) is 8.51. The van der Waals surface area contributed by atoms with Crippen LogP contribution in [-0.2, 0) is 0 Å². The standard InChI is InChI=1S/C10H13N3S2/c1-2-3-7(11)8-5-14-10(13-8)9-4-12-6-15-9/h4-7H,2-3,11H2,1H3. The SMILES string of the molecule is CCCC(N)c1csc(-c2cncs2)n1. The zero-order valence-corrected chi connectivity index (χ0v) is 10.1. The van der Waals surface area contributed by atoms with E-state index in [1.807, 2.05) is 11.7 Å². The Morgan fingerprint density at radius 3 is 3.00 bits per heavy atom. The van der Waals surface area contributed by atoms with Crippen LogP contribution in [0.2, 0.25) is 0 Å². The molecule has 1 atom stereocenters. The van der Waals surface area contributed by atoms with Crippen LogP contribution in [0.5, 0.6) is 0 Å². The van der Waals surface area contributed by atoms with E-state index in [9.17, 15) is 0 Å². The van der Waals surface area contributed by atoms with Crippen LogP contribution in [0.1, 0.15) is 31.5 Å². The zero-order chi connectivity index (χ0) is 10.7. The fourth-order valence-electron chi connectivity index (χ4n) is 1.35. The van der Waals surface area contributed by atoms with E-state index in [4.69, 9.17) is 5.73 Å². The number of hydrogen-bond acceptors (Lipinski definition) is 5. The van der Waals surface area contributed by atoms with Crippen molar-refractivity contribution in [2.24, 2.45) is 5.73 Å². The molecule has 3 nitrogen and oxygen atoms in total. The van der Waals surface area contributed by atoms with Crippen LogP contribution in [0.15, 0.2) is 17.1 Å². The predicted molar refractivity (Wildman–Crippen MR) is 65.1 cm³/mol. The fraction of sp³-hybridized carbons (Fsp3) is 0.400. The summed E-state index contributed by atoms with van der Waals surface area (Å²) in [6.45, 7) is 2.14. The lowest BCUT2D eigenvalue weighted by Gasteiger charge is -2.05. The van der Waals surface area contributed by atoms with E-state index in [1.54, 1.807) is 22.7 Å². The molecular weight excluding hydrogens is 226 g/mol. The van der Waals surface area contributed by atoms with Crippen molar-refractivity contribution in [3.05, 3.63) is 22.8 Å². The van der Waals surface area contributed by atoms with Crippen molar-refractivity contribution in [3.8, 4) is 9.88 Å². The van der Waals surface area contributed by atoms with Crippen LogP contribution in [0.25, 0.3) is 9.88 Å². The normalized spacial score (nSPS) is 12.9. The highest BCUT2D eigenvalue weighted by Crippen LogP contribution is 2.28. The lowest BCUT2D eigenvalue weighted by molar-refractivity contribution is 0.625. The number of aromatic nitrogens is 2. The maximum absolute atomic E-state index is 6.00. The minimum absolute atomic E-state index is 0.0768. The largest absolute Gasteiger partial charge is 0.323 e. The van der Waals surface area contributed by atoms with E-state index in [2.05, 4.69) is 22.3 Å². The van der Waals surface area contributed by atoms with Gasteiger partial charge in [-0.15, -0.1) is 22.7 Å². The molecule has 0 aliphatic carbocycles. The molecular formula is C10H13N3S2. The molecule has 0 aromatic carbocycles. The number of rotatable bonds is 4. The van der Waals surface area contributed by atoms with E-state index >= 15 is 0 Å². The Balaban J connectivity index is 2.17. The van der Waals surface area contributed by atoms with Crippen molar-refractivity contribution in [1.82, 2.24) is 9.97 Å². The molecule has 1 unspecified atom stereocenters. The van der Waals surface area contributed by atoms with Gasteiger partial charge in [0.25, 0.3) is 0 Å². The molecule has 0 amide bonds. The number of nitrogens with two attached hydrogens (primary N) is 1. The molecule has 15 heavy (non-hydrogen) atoms. The van der Waals surface area contributed by atoms with E-state index in [-0.39, 0.29) is 6.04 Å². The maximum atomic E-state index is 6.00. The highest BCUT2D eigenvalue weighted by Gasteiger charge is 2.11. The molecule has 0 bridgehead atoms. The molecule has 0 aliphatic heterocycles. The first-order chi connectivity index (χ1) is 7.31. The van der Waals surface area contributed by atoms with Crippen molar-refractivity contribution in [3.63, 3.8) is 0 Å². The van der Waals surface area contributed by atoms with Gasteiger partial charge in [0.05, 0.1) is 16.1 Å². The Hall–Kier alpha value is -0.780. The molecule has 5 heteroatoms. The Kier molecular flexibility index (Phi) is 3.45. The van der Waals surface area contributed by atoms with Gasteiger partial charge < -0.3 is 5.73 Å². The van der Waals surface area contributed by atoms with Crippen LogP contribution in [0.4, 0.5) is 0 Å². The van der Waals surface area contributed by atoms with Gasteiger partial charge in [-0.05, 0) is 6.42 Å². The summed E-state index contributed by atoms with van der Waals surface area (Å²) in [6, 6.07) is 0.0768. The van der Waals surface area contributed by atoms with Gasteiger partial charge in [-0.25, -0.2) is 4.98 Å². The van der Waals surface area contributed by atoms with Crippen molar-refractivity contribution >= 4 is 22.7 Å². The third-order valence-electron chi connectivity index (χ3n) is 2.14. The summed E-state index contributed by atoms with van der Waals surface area (Å²) in [6.07, 6.45) is 3.93. The molecule has 80 valence electrons. The topological polar surface area (TPSA) is 51.8 Å². The predicted octanol–water partition coefficient (Wildman–Crippen LogP) is 3.07. The van der Waals surface area contributed by atoms with Gasteiger partial charge in [0.2, 0.25) is 0 Å². The third-order valence-corrected chi connectivity index (χ3v) is 3.95. The van der Waals surface area contributed by atoms with E-state index in [0.29, 0.717) is 0 Å². The second-order valence-electron chi connectivity index (χ2n) is 3.34. The summed E-state index contributed by atoms with van der Waals surface area (Å²) in [4.78, 5) is 9.70. The highest BCUT2D eigenvalue weighted by atomic mass is 32.1. The van der Waals surface area contributed by atoms with E-state index in [1.165, 1.54) is 0 Å². The molecule has 0 aliphatic rings. The van der Waals surface area contributed by atoms with Gasteiger partial charge in [-0.3, -0.25) is 4.98 Å². The molecule has 2 N–H and O–H groups in total. The second-order valence-corrected chi connectivity index (χ2v) is 5.08. The van der Waals surface area contributed by atoms with Crippen molar-refractivity contribution in [2.45, 2.75) is 25.8 Å². The minimum Gasteiger partial charge on any atom is -0.323 e. The molecule has 0 spiro atoms. The van der Waals surface area contributed by atoms with Gasteiger partial charge in [-0.2, -0.15) is 0 Å². The van der Waals surface area contributed by atoms with Crippen molar-refractivity contribution in [1.29, 1.82) is 0 Å². The molecule has 2 aromatic rings. The molecule has 0 saturated carbocycles. The quantitative estimate of drug-likeness (QED) is 0.892. The Morgan fingerprint density at radius 2 is 2.33 bits per heavy atom. The van der Waals surface area contributed by atoms with Gasteiger partial charge in [0, 0.05) is 17.6 Å². The molecule has 2 rings (SSSR count). The van der Waals surface area contributed by atoms with E-state index < -0.39 is 0 Å². The second kappa shape index (κ2) is 4.83. The summed E-state index contributed by atoms with van der Waals surface area (Å²) in [5.41, 5.74) is 8.83. The van der Waals surface area contributed by atoms with Crippen LogP contribution in [0.3, 0.4) is 0 Å². The van der Waals surface area contributed by atoms with Gasteiger partial charge in [0.1, 0.15) is 5.01 Å². The molecule has 0 radical (unpaired) electrons. The Morgan fingerprint density at radius 1 is 1.47 bits per heavy atom. The lowest BCUT2D eigenvalue weighted by Crippen LogP contribution is -2.09.